The van der Waals surface area contributed by atoms with Crippen LogP contribution < -0.4 is 10.2 Å². The first-order valence-corrected chi connectivity index (χ1v) is 7.69. The zero-order valence-corrected chi connectivity index (χ0v) is 12.0. The van der Waals surface area contributed by atoms with Crippen LogP contribution in [0.2, 0.25) is 0 Å². The van der Waals surface area contributed by atoms with E-state index in [1.807, 2.05) is 18.2 Å². The number of fused-ring (bicyclic) bond motifs is 1. The summed E-state index contributed by atoms with van der Waals surface area (Å²) < 4.78 is 0. The first-order valence-electron chi connectivity index (χ1n) is 7.69. The van der Waals surface area contributed by atoms with Crippen molar-refractivity contribution in [3.8, 4) is 11.5 Å². The van der Waals surface area contributed by atoms with Crippen LogP contribution in [0.15, 0.2) is 24.4 Å². The number of pyridine rings is 1. The Morgan fingerprint density at radius 2 is 2.00 bits per heavy atom. The molecule has 1 fully saturated rings. The summed E-state index contributed by atoms with van der Waals surface area (Å²) in [4.78, 5) is 16.4. The predicted octanol–water partition coefficient (Wildman–Crippen LogP) is 1.78. The molecular formula is C16H19N5. The molecule has 0 unspecified atom stereocenters. The number of rotatable bonds is 2. The summed E-state index contributed by atoms with van der Waals surface area (Å²) in [7, 11) is 0. The summed E-state index contributed by atoms with van der Waals surface area (Å²) in [6.07, 6.45) is 5.28. The molecule has 0 radical (unpaired) electrons. The Kier molecular flexibility index (Phi) is 3.27. The van der Waals surface area contributed by atoms with Crippen molar-refractivity contribution in [2.24, 2.45) is 0 Å². The van der Waals surface area contributed by atoms with Crippen molar-refractivity contribution < 1.29 is 0 Å². The van der Waals surface area contributed by atoms with E-state index in [2.05, 4.69) is 15.2 Å². The summed E-state index contributed by atoms with van der Waals surface area (Å²) in [5, 5.41) is 3.44. The Morgan fingerprint density at radius 3 is 2.81 bits per heavy atom. The van der Waals surface area contributed by atoms with Gasteiger partial charge in [-0.3, -0.25) is 4.98 Å². The van der Waals surface area contributed by atoms with Gasteiger partial charge in [0.25, 0.3) is 0 Å². The van der Waals surface area contributed by atoms with Crippen LogP contribution in [0.4, 0.5) is 5.82 Å². The molecular weight excluding hydrogens is 262 g/mol. The molecule has 0 spiro atoms. The molecule has 0 bridgehead atoms. The third kappa shape index (κ3) is 2.38. The third-order valence-electron chi connectivity index (χ3n) is 4.21. The lowest BCUT2D eigenvalue weighted by atomic mass is 10.1. The molecule has 2 aromatic heterocycles. The highest BCUT2D eigenvalue weighted by atomic mass is 15.2. The summed E-state index contributed by atoms with van der Waals surface area (Å²) in [5.74, 6) is 1.88. The molecule has 5 heteroatoms. The van der Waals surface area contributed by atoms with E-state index in [1.165, 1.54) is 24.1 Å². The first-order chi connectivity index (χ1) is 10.4. The number of anilines is 1. The number of hydrogen-bond acceptors (Lipinski definition) is 5. The number of nitrogens with zero attached hydrogens (tertiary/aromatic N) is 4. The van der Waals surface area contributed by atoms with Crippen molar-refractivity contribution in [1.82, 2.24) is 20.3 Å². The van der Waals surface area contributed by atoms with Gasteiger partial charge in [-0.2, -0.15) is 0 Å². The van der Waals surface area contributed by atoms with Crippen LogP contribution in [-0.2, 0) is 13.0 Å². The molecule has 108 valence electrons. The topological polar surface area (TPSA) is 53.9 Å². The fourth-order valence-corrected chi connectivity index (χ4v) is 3.13. The maximum Gasteiger partial charge on any atom is 0.180 e. The van der Waals surface area contributed by atoms with Crippen molar-refractivity contribution >= 4 is 5.82 Å². The molecule has 1 N–H and O–H groups in total. The molecule has 21 heavy (non-hydrogen) atoms. The molecule has 0 atom stereocenters. The molecule has 2 aliphatic heterocycles. The quantitative estimate of drug-likeness (QED) is 0.909. The summed E-state index contributed by atoms with van der Waals surface area (Å²) in [6, 6.07) is 5.89. The maximum absolute atomic E-state index is 4.85. The Hall–Kier alpha value is -2.01. The van der Waals surface area contributed by atoms with Crippen LogP contribution in [-0.4, -0.2) is 34.6 Å². The zero-order valence-electron chi connectivity index (χ0n) is 12.0. The van der Waals surface area contributed by atoms with Crippen molar-refractivity contribution in [3.05, 3.63) is 35.7 Å². The average Bonchev–Trinajstić information content (AvgIpc) is 3.09. The minimum absolute atomic E-state index is 0.762. The van der Waals surface area contributed by atoms with Gasteiger partial charge in [-0.25, -0.2) is 9.97 Å². The van der Waals surface area contributed by atoms with Gasteiger partial charge in [0.2, 0.25) is 0 Å². The smallest absolute Gasteiger partial charge is 0.180 e. The molecule has 0 aromatic carbocycles. The lowest BCUT2D eigenvalue weighted by Gasteiger charge is -2.25. The number of nitrogens with one attached hydrogen (secondary N) is 1. The zero-order chi connectivity index (χ0) is 14.1. The molecule has 0 saturated carbocycles. The van der Waals surface area contributed by atoms with Gasteiger partial charge in [0.05, 0.1) is 5.69 Å². The van der Waals surface area contributed by atoms with Gasteiger partial charge in [-0.15, -0.1) is 0 Å². The highest BCUT2D eigenvalue weighted by Crippen LogP contribution is 2.28. The molecule has 4 heterocycles. The van der Waals surface area contributed by atoms with Crippen molar-refractivity contribution in [2.75, 3.05) is 24.5 Å². The van der Waals surface area contributed by atoms with E-state index in [4.69, 9.17) is 9.97 Å². The normalized spacial score (nSPS) is 17.8. The molecule has 2 aliphatic rings. The molecule has 4 rings (SSSR count). The van der Waals surface area contributed by atoms with E-state index in [9.17, 15) is 0 Å². The molecule has 0 aliphatic carbocycles. The number of hydrogen-bond donors (Lipinski definition) is 1. The molecule has 1 saturated heterocycles. The second-order valence-corrected chi connectivity index (χ2v) is 5.63. The minimum atomic E-state index is 0.762. The van der Waals surface area contributed by atoms with Crippen LogP contribution in [0, 0.1) is 0 Å². The van der Waals surface area contributed by atoms with Crippen molar-refractivity contribution in [3.63, 3.8) is 0 Å². The second-order valence-electron chi connectivity index (χ2n) is 5.63. The van der Waals surface area contributed by atoms with E-state index < -0.39 is 0 Å². The van der Waals surface area contributed by atoms with Gasteiger partial charge in [0, 0.05) is 44.4 Å². The second kappa shape index (κ2) is 5.41. The van der Waals surface area contributed by atoms with Gasteiger partial charge < -0.3 is 10.2 Å². The lowest BCUT2D eigenvalue weighted by Crippen LogP contribution is -2.30. The Morgan fingerprint density at radius 1 is 1.10 bits per heavy atom. The molecule has 5 nitrogen and oxygen atoms in total. The Labute approximate surface area is 124 Å². The highest BCUT2D eigenvalue weighted by molar-refractivity contribution is 5.58. The van der Waals surface area contributed by atoms with Gasteiger partial charge in [0.1, 0.15) is 11.5 Å². The minimum Gasteiger partial charge on any atom is -0.356 e. The summed E-state index contributed by atoms with van der Waals surface area (Å²) in [5.41, 5.74) is 3.33. The van der Waals surface area contributed by atoms with Gasteiger partial charge in [-0.05, 0) is 25.0 Å². The largest absolute Gasteiger partial charge is 0.356 e. The van der Waals surface area contributed by atoms with Crippen LogP contribution >= 0.6 is 0 Å². The molecule has 0 amide bonds. The van der Waals surface area contributed by atoms with Gasteiger partial charge in [0.15, 0.2) is 5.82 Å². The maximum atomic E-state index is 4.85. The third-order valence-corrected chi connectivity index (χ3v) is 4.21. The molecule has 2 aromatic rings. The van der Waals surface area contributed by atoms with E-state index in [0.717, 1.165) is 49.9 Å². The van der Waals surface area contributed by atoms with E-state index >= 15 is 0 Å². The summed E-state index contributed by atoms with van der Waals surface area (Å²) in [6.45, 7) is 4.07. The van der Waals surface area contributed by atoms with E-state index in [-0.39, 0.29) is 0 Å². The van der Waals surface area contributed by atoms with Crippen LogP contribution in [0.5, 0.6) is 0 Å². The first kappa shape index (κ1) is 12.7. The summed E-state index contributed by atoms with van der Waals surface area (Å²) >= 11 is 0. The highest BCUT2D eigenvalue weighted by Gasteiger charge is 2.23. The van der Waals surface area contributed by atoms with Crippen LogP contribution in [0.1, 0.15) is 24.1 Å². The number of aromatic nitrogens is 3. The van der Waals surface area contributed by atoms with Crippen molar-refractivity contribution in [1.29, 1.82) is 0 Å². The fraction of sp³-hybridized carbons (Fsp3) is 0.438. The SMILES string of the molecule is c1ccc(-c2nc3c(c(N4CCCC4)n2)CNCC3)nc1. The van der Waals surface area contributed by atoms with Gasteiger partial charge in [-0.1, -0.05) is 6.07 Å². The average molecular weight is 281 g/mol. The lowest BCUT2D eigenvalue weighted by molar-refractivity contribution is 0.624. The Bertz CT molecular complexity index is 635. The van der Waals surface area contributed by atoms with Crippen LogP contribution in [0.25, 0.3) is 11.5 Å². The van der Waals surface area contributed by atoms with Crippen molar-refractivity contribution in [2.45, 2.75) is 25.8 Å². The van der Waals surface area contributed by atoms with Gasteiger partial charge >= 0.3 is 0 Å². The Balaban J connectivity index is 1.83. The monoisotopic (exact) mass is 281 g/mol. The van der Waals surface area contributed by atoms with E-state index in [1.54, 1.807) is 6.20 Å². The van der Waals surface area contributed by atoms with E-state index in [0.29, 0.717) is 0 Å². The fourth-order valence-electron chi connectivity index (χ4n) is 3.13. The standard InChI is InChI=1S/C16H19N5/c1-2-7-18-14(5-1)15-19-13-6-8-17-11-12(13)16(20-15)21-9-3-4-10-21/h1-2,5,7,17H,3-4,6,8-11H2. The predicted molar refractivity (Wildman–Crippen MR) is 82.1 cm³/mol. The van der Waals surface area contributed by atoms with Crippen LogP contribution in [0.3, 0.4) is 0 Å².